The van der Waals surface area contributed by atoms with Crippen LogP contribution in [0.3, 0.4) is 0 Å². The fourth-order valence-corrected chi connectivity index (χ4v) is 1.70. The van der Waals surface area contributed by atoms with Crippen LogP contribution in [0.5, 0.6) is 5.75 Å². The highest BCUT2D eigenvalue weighted by Crippen LogP contribution is 2.24. The van der Waals surface area contributed by atoms with Crippen molar-refractivity contribution < 1.29 is 9.53 Å². The van der Waals surface area contributed by atoms with Gasteiger partial charge in [-0.3, -0.25) is 4.79 Å². The molecule has 0 spiro atoms. The van der Waals surface area contributed by atoms with Crippen LogP contribution in [0.25, 0.3) is 0 Å². The molecule has 14 heavy (non-hydrogen) atoms. The Labute approximate surface area is 90.7 Å². The van der Waals surface area contributed by atoms with Crippen molar-refractivity contribution in [3.05, 3.63) is 41.5 Å². The summed E-state index contributed by atoms with van der Waals surface area (Å²) in [6.45, 7) is 0.463. The minimum Gasteiger partial charge on any atom is -0.489 e. The van der Waals surface area contributed by atoms with Gasteiger partial charge in [-0.25, -0.2) is 0 Å². The highest BCUT2D eigenvalue weighted by Gasteiger charge is 2.12. The third-order valence-corrected chi connectivity index (χ3v) is 2.72. The molecule has 0 aliphatic carbocycles. The summed E-state index contributed by atoms with van der Waals surface area (Å²) in [6.07, 6.45) is 3.29. The molecule has 0 atom stereocenters. The van der Waals surface area contributed by atoms with Gasteiger partial charge in [0.05, 0.1) is 5.56 Å². The number of rotatable bonds is 1. The summed E-state index contributed by atoms with van der Waals surface area (Å²) in [6, 6.07) is 5.63. The molecule has 2 nitrogen and oxygen atoms in total. The van der Waals surface area contributed by atoms with Crippen LogP contribution >= 0.6 is 15.9 Å². The van der Waals surface area contributed by atoms with E-state index in [9.17, 15) is 4.79 Å². The summed E-state index contributed by atoms with van der Waals surface area (Å²) < 4.78 is 5.43. The van der Waals surface area contributed by atoms with E-state index in [1.165, 1.54) is 0 Å². The van der Waals surface area contributed by atoms with Gasteiger partial charge >= 0.3 is 0 Å². The first-order chi connectivity index (χ1) is 6.81. The van der Waals surface area contributed by atoms with E-state index in [0.29, 0.717) is 17.9 Å². The number of hydrogen-bond donors (Lipinski definition) is 0. The van der Waals surface area contributed by atoms with Crippen molar-refractivity contribution in [1.29, 1.82) is 0 Å². The second-order valence-electron chi connectivity index (χ2n) is 3.04. The second kappa shape index (κ2) is 3.96. The standard InChI is InChI=1S/C11H9BrO2/c12-7-8-3-4-9-10(13)2-1-5-14-11(9)6-8/h1-4,6H,5,7H2. The van der Waals surface area contributed by atoms with Gasteiger partial charge in [-0.2, -0.15) is 0 Å². The maximum atomic E-state index is 11.5. The molecule has 1 aromatic carbocycles. The van der Waals surface area contributed by atoms with Gasteiger partial charge in [-0.15, -0.1) is 0 Å². The lowest BCUT2D eigenvalue weighted by molar-refractivity contribution is 0.104. The summed E-state index contributed by atoms with van der Waals surface area (Å²) in [5, 5.41) is 0.769. The number of ketones is 1. The molecule has 1 aliphatic rings. The molecule has 2 rings (SSSR count). The van der Waals surface area contributed by atoms with Crippen LogP contribution in [0, 0.1) is 0 Å². The van der Waals surface area contributed by atoms with Crippen molar-refractivity contribution in [3.63, 3.8) is 0 Å². The molecule has 0 radical (unpaired) electrons. The molecule has 0 saturated carbocycles. The maximum absolute atomic E-state index is 11.5. The third-order valence-electron chi connectivity index (χ3n) is 2.07. The average molecular weight is 253 g/mol. The fraction of sp³-hybridized carbons (Fsp3) is 0.182. The second-order valence-corrected chi connectivity index (χ2v) is 3.60. The number of carbonyl (C=O) groups is 1. The Morgan fingerprint density at radius 3 is 3.07 bits per heavy atom. The monoisotopic (exact) mass is 252 g/mol. The first kappa shape index (κ1) is 9.46. The number of ether oxygens (including phenoxy) is 1. The Morgan fingerprint density at radius 2 is 2.29 bits per heavy atom. The van der Waals surface area contributed by atoms with Gasteiger partial charge in [0.25, 0.3) is 0 Å². The number of benzene rings is 1. The van der Waals surface area contributed by atoms with Crippen LogP contribution in [0.15, 0.2) is 30.4 Å². The Balaban J connectivity index is 2.47. The molecule has 0 saturated heterocycles. The van der Waals surface area contributed by atoms with Crippen LogP contribution < -0.4 is 4.74 Å². The number of alkyl halides is 1. The third kappa shape index (κ3) is 1.73. The fourth-order valence-electron chi connectivity index (χ4n) is 1.36. The van der Waals surface area contributed by atoms with Crippen molar-refractivity contribution in [2.75, 3.05) is 6.61 Å². The normalized spacial score (nSPS) is 14.5. The van der Waals surface area contributed by atoms with Crippen LogP contribution in [0.2, 0.25) is 0 Å². The van der Waals surface area contributed by atoms with Gasteiger partial charge in [0, 0.05) is 5.33 Å². The molecule has 1 aromatic rings. The van der Waals surface area contributed by atoms with Gasteiger partial charge in [0.2, 0.25) is 0 Å². The van der Waals surface area contributed by atoms with Gasteiger partial charge in [-0.1, -0.05) is 22.0 Å². The minimum atomic E-state index is 0.0126. The van der Waals surface area contributed by atoms with Crippen LogP contribution in [-0.2, 0) is 5.33 Å². The highest BCUT2D eigenvalue weighted by atomic mass is 79.9. The highest BCUT2D eigenvalue weighted by molar-refractivity contribution is 9.08. The zero-order valence-corrected chi connectivity index (χ0v) is 9.08. The molecule has 1 heterocycles. The van der Waals surface area contributed by atoms with E-state index in [2.05, 4.69) is 15.9 Å². The van der Waals surface area contributed by atoms with E-state index in [1.807, 2.05) is 18.2 Å². The molecule has 72 valence electrons. The molecule has 0 aromatic heterocycles. The van der Waals surface area contributed by atoms with E-state index in [-0.39, 0.29) is 5.78 Å². The summed E-state index contributed by atoms with van der Waals surface area (Å²) in [5.74, 6) is 0.690. The van der Waals surface area contributed by atoms with Crippen LogP contribution in [0.4, 0.5) is 0 Å². The number of halogens is 1. The number of fused-ring (bicyclic) bond motifs is 1. The van der Waals surface area contributed by atoms with Gasteiger partial charge < -0.3 is 4.74 Å². The molecule has 3 heteroatoms. The smallest absolute Gasteiger partial charge is 0.189 e. The van der Waals surface area contributed by atoms with Gasteiger partial charge in [0.1, 0.15) is 12.4 Å². The summed E-state index contributed by atoms with van der Waals surface area (Å²) in [5.41, 5.74) is 1.75. The van der Waals surface area contributed by atoms with Gasteiger partial charge in [0.15, 0.2) is 5.78 Å². The van der Waals surface area contributed by atoms with Crippen LogP contribution in [0.1, 0.15) is 15.9 Å². The average Bonchev–Trinajstić information content (AvgIpc) is 2.40. The molecule has 0 N–H and O–H groups in total. The Kier molecular flexibility index (Phi) is 2.68. The zero-order valence-electron chi connectivity index (χ0n) is 7.50. The first-order valence-corrected chi connectivity index (χ1v) is 5.46. The Bertz CT molecular complexity index is 396. The Hall–Kier alpha value is -1.09. The predicted octanol–water partition coefficient (Wildman–Crippen LogP) is 2.71. The van der Waals surface area contributed by atoms with Crippen molar-refractivity contribution in [2.24, 2.45) is 0 Å². The first-order valence-electron chi connectivity index (χ1n) is 4.34. The number of carbonyl (C=O) groups excluding carboxylic acids is 1. The van der Waals surface area contributed by atoms with Crippen molar-refractivity contribution in [2.45, 2.75) is 5.33 Å². The SMILES string of the molecule is O=C1C=CCOc2cc(CBr)ccc21. The van der Waals surface area contributed by atoms with Crippen molar-refractivity contribution in [1.82, 2.24) is 0 Å². The lowest BCUT2D eigenvalue weighted by Gasteiger charge is -2.07. The van der Waals surface area contributed by atoms with Crippen LogP contribution in [-0.4, -0.2) is 12.4 Å². The molecule has 0 fully saturated rings. The van der Waals surface area contributed by atoms with E-state index in [4.69, 9.17) is 4.74 Å². The van der Waals surface area contributed by atoms with E-state index in [0.717, 1.165) is 10.9 Å². The molecule has 0 bridgehead atoms. The summed E-state index contributed by atoms with van der Waals surface area (Å²) in [7, 11) is 0. The van der Waals surface area contributed by atoms with E-state index in [1.54, 1.807) is 12.2 Å². The maximum Gasteiger partial charge on any atom is 0.189 e. The lowest BCUT2D eigenvalue weighted by Crippen LogP contribution is -1.98. The van der Waals surface area contributed by atoms with E-state index < -0.39 is 0 Å². The van der Waals surface area contributed by atoms with Crippen molar-refractivity contribution in [3.8, 4) is 5.75 Å². The summed E-state index contributed by atoms with van der Waals surface area (Å²) in [4.78, 5) is 11.5. The Morgan fingerprint density at radius 1 is 1.43 bits per heavy atom. The molecular formula is C11H9BrO2. The molecule has 1 aliphatic heterocycles. The van der Waals surface area contributed by atoms with Gasteiger partial charge in [-0.05, 0) is 29.8 Å². The van der Waals surface area contributed by atoms with Crippen molar-refractivity contribution >= 4 is 21.7 Å². The molecular weight excluding hydrogens is 244 g/mol. The minimum absolute atomic E-state index is 0.0126. The topological polar surface area (TPSA) is 26.3 Å². The predicted molar refractivity (Wildman–Crippen MR) is 58.0 cm³/mol. The largest absolute Gasteiger partial charge is 0.489 e. The lowest BCUT2D eigenvalue weighted by atomic mass is 10.1. The number of allylic oxidation sites excluding steroid dienone is 1. The molecule has 0 unspecified atom stereocenters. The molecule has 0 amide bonds. The number of hydrogen-bond acceptors (Lipinski definition) is 2. The van der Waals surface area contributed by atoms with E-state index >= 15 is 0 Å². The zero-order chi connectivity index (χ0) is 9.97. The summed E-state index contributed by atoms with van der Waals surface area (Å²) >= 11 is 3.36. The quantitative estimate of drug-likeness (QED) is 0.719.